The van der Waals surface area contributed by atoms with E-state index in [1.54, 1.807) is 6.92 Å². The van der Waals surface area contributed by atoms with Crippen LogP contribution in [0, 0.1) is 6.92 Å². The topological polar surface area (TPSA) is 63.8 Å². The Balaban J connectivity index is 2.46. The Hall–Kier alpha value is -1.72. The van der Waals surface area contributed by atoms with Crippen molar-refractivity contribution in [3.8, 4) is 0 Å². The van der Waals surface area contributed by atoms with Gasteiger partial charge in [0.05, 0.1) is 5.69 Å². The molecule has 5 nitrogen and oxygen atoms in total. The van der Waals surface area contributed by atoms with Crippen LogP contribution in [0.25, 0.3) is 11.1 Å². The summed E-state index contributed by atoms with van der Waals surface area (Å²) in [5, 5.41) is 7.30. The zero-order valence-corrected chi connectivity index (χ0v) is 7.62. The van der Waals surface area contributed by atoms with E-state index in [4.69, 9.17) is 4.52 Å². The minimum atomic E-state index is -0.449. The van der Waals surface area contributed by atoms with E-state index in [0.29, 0.717) is 22.6 Å². The van der Waals surface area contributed by atoms with Crippen LogP contribution < -0.4 is 5.32 Å². The molecule has 2 aromatic heterocycles. The predicted octanol–water partition coefficient (Wildman–Crippen LogP) is 1.31. The summed E-state index contributed by atoms with van der Waals surface area (Å²) in [6.07, 6.45) is 1.35. The van der Waals surface area contributed by atoms with E-state index in [1.807, 2.05) is 0 Å². The number of hydrogen-bond acceptors (Lipinski definition) is 5. The number of nitrogens with zero attached hydrogens (tertiary/aromatic N) is 3. The van der Waals surface area contributed by atoms with Gasteiger partial charge in [0.1, 0.15) is 24.2 Å². The first kappa shape index (κ1) is 8.86. The Labute approximate surface area is 79.3 Å². The second-order valence-electron chi connectivity index (χ2n) is 2.79. The fraction of sp³-hybridized carbons (Fsp3) is 0.375. The normalized spacial score (nSPS) is 10.7. The highest BCUT2D eigenvalue weighted by molar-refractivity contribution is 5.87. The number of rotatable bonds is 3. The average Bonchev–Trinajstić information content (AvgIpc) is 2.58. The molecule has 0 unspecified atom stereocenters. The van der Waals surface area contributed by atoms with Crippen LogP contribution in [0.2, 0.25) is 0 Å². The van der Waals surface area contributed by atoms with Gasteiger partial charge in [0.15, 0.2) is 0 Å². The fourth-order valence-electron chi connectivity index (χ4n) is 1.22. The summed E-state index contributed by atoms with van der Waals surface area (Å²) in [6, 6.07) is 0. The second-order valence-corrected chi connectivity index (χ2v) is 2.79. The lowest BCUT2D eigenvalue weighted by Gasteiger charge is -2.02. The summed E-state index contributed by atoms with van der Waals surface area (Å²) in [4.78, 5) is 7.89. The highest BCUT2D eigenvalue weighted by Crippen LogP contribution is 2.21. The second kappa shape index (κ2) is 3.57. The van der Waals surface area contributed by atoms with Crippen molar-refractivity contribution in [3.05, 3.63) is 12.0 Å². The Kier molecular flexibility index (Phi) is 2.26. The van der Waals surface area contributed by atoms with Crippen molar-refractivity contribution in [1.82, 2.24) is 15.1 Å². The van der Waals surface area contributed by atoms with Crippen molar-refractivity contribution < 1.29 is 8.91 Å². The summed E-state index contributed by atoms with van der Waals surface area (Å²) >= 11 is 0. The fourth-order valence-corrected chi connectivity index (χ4v) is 1.22. The standard InChI is InChI=1S/C8H9FN4O/c1-5-6-7(10-3-2-9)11-4-12-8(6)14-13-5/h4H,2-3H2,1H3,(H,10,11,12). The van der Waals surface area contributed by atoms with Gasteiger partial charge in [-0.1, -0.05) is 5.16 Å². The number of alkyl halides is 1. The van der Waals surface area contributed by atoms with Crippen LogP contribution >= 0.6 is 0 Å². The zero-order chi connectivity index (χ0) is 9.97. The summed E-state index contributed by atoms with van der Waals surface area (Å²) in [5.41, 5.74) is 1.11. The third-order valence-corrected chi connectivity index (χ3v) is 1.83. The van der Waals surface area contributed by atoms with Gasteiger partial charge >= 0.3 is 0 Å². The van der Waals surface area contributed by atoms with Gasteiger partial charge in [0.25, 0.3) is 5.71 Å². The van der Waals surface area contributed by atoms with E-state index in [-0.39, 0.29) is 6.54 Å². The first-order valence-corrected chi connectivity index (χ1v) is 4.19. The molecule has 0 fully saturated rings. The SMILES string of the molecule is Cc1noc2ncnc(NCCF)c12. The van der Waals surface area contributed by atoms with Gasteiger partial charge in [0.2, 0.25) is 0 Å². The van der Waals surface area contributed by atoms with Crippen LogP contribution in [-0.2, 0) is 0 Å². The molecule has 0 aliphatic rings. The number of halogens is 1. The van der Waals surface area contributed by atoms with Crippen LogP contribution in [0.1, 0.15) is 5.69 Å². The molecule has 0 spiro atoms. The van der Waals surface area contributed by atoms with E-state index >= 15 is 0 Å². The smallest absolute Gasteiger partial charge is 0.263 e. The van der Waals surface area contributed by atoms with E-state index in [2.05, 4.69) is 20.4 Å². The molecule has 0 saturated heterocycles. The van der Waals surface area contributed by atoms with E-state index < -0.39 is 6.67 Å². The van der Waals surface area contributed by atoms with Gasteiger partial charge in [-0.3, -0.25) is 0 Å². The van der Waals surface area contributed by atoms with Crippen LogP contribution in [-0.4, -0.2) is 28.3 Å². The molecule has 1 N–H and O–H groups in total. The van der Waals surface area contributed by atoms with Crippen LogP contribution in [0.4, 0.5) is 10.2 Å². The summed E-state index contributed by atoms with van der Waals surface area (Å²) < 4.78 is 16.9. The summed E-state index contributed by atoms with van der Waals surface area (Å²) in [5.74, 6) is 0.561. The maximum absolute atomic E-state index is 12.0. The third kappa shape index (κ3) is 1.39. The van der Waals surface area contributed by atoms with E-state index in [1.165, 1.54) is 6.33 Å². The quantitative estimate of drug-likeness (QED) is 0.801. The Bertz CT molecular complexity index is 442. The molecule has 0 aliphatic heterocycles. The van der Waals surface area contributed by atoms with E-state index in [9.17, 15) is 4.39 Å². The van der Waals surface area contributed by atoms with Crippen LogP contribution in [0.3, 0.4) is 0 Å². The molecule has 0 aromatic carbocycles. The van der Waals surface area contributed by atoms with Gasteiger partial charge in [-0.25, -0.2) is 9.37 Å². The molecule has 0 aliphatic carbocycles. The molecule has 14 heavy (non-hydrogen) atoms. The average molecular weight is 196 g/mol. The Morgan fingerprint density at radius 3 is 3.14 bits per heavy atom. The van der Waals surface area contributed by atoms with E-state index in [0.717, 1.165) is 0 Å². The molecular formula is C8H9FN4O. The first-order valence-electron chi connectivity index (χ1n) is 4.19. The molecule has 0 atom stereocenters. The van der Waals surface area contributed by atoms with Crippen molar-refractivity contribution in [3.63, 3.8) is 0 Å². The molecule has 2 aromatic rings. The summed E-state index contributed by atoms with van der Waals surface area (Å²) in [7, 11) is 0. The van der Waals surface area contributed by atoms with Crippen molar-refractivity contribution >= 4 is 16.9 Å². The molecule has 0 radical (unpaired) electrons. The zero-order valence-electron chi connectivity index (χ0n) is 7.62. The van der Waals surface area contributed by atoms with Crippen LogP contribution in [0.5, 0.6) is 0 Å². The first-order chi connectivity index (χ1) is 6.83. The van der Waals surface area contributed by atoms with Gasteiger partial charge in [-0.15, -0.1) is 0 Å². The molecule has 0 saturated carbocycles. The van der Waals surface area contributed by atoms with Crippen molar-refractivity contribution in [1.29, 1.82) is 0 Å². The Morgan fingerprint density at radius 1 is 1.50 bits per heavy atom. The lowest BCUT2D eigenvalue weighted by atomic mass is 10.3. The number of anilines is 1. The number of nitrogens with one attached hydrogen (secondary N) is 1. The number of hydrogen-bond donors (Lipinski definition) is 1. The van der Waals surface area contributed by atoms with Gasteiger partial charge < -0.3 is 9.84 Å². The highest BCUT2D eigenvalue weighted by Gasteiger charge is 2.10. The third-order valence-electron chi connectivity index (χ3n) is 1.83. The molecule has 0 amide bonds. The molecule has 2 rings (SSSR count). The number of aryl methyl sites for hydroxylation is 1. The minimum Gasteiger partial charge on any atom is -0.367 e. The maximum atomic E-state index is 12.0. The molecule has 0 bridgehead atoms. The van der Waals surface area contributed by atoms with Crippen molar-refractivity contribution in [2.75, 3.05) is 18.5 Å². The minimum absolute atomic E-state index is 0.219. The molecular weight excluding hydrogens is 187 g/mol. The predicted molar refractivity (Wildman–Crippen MR) is 48.8 cm³/mol. The highest BCUT2D eigenvalue weighted by atomic mass is 19.1. The van der Waals surface area contributed by atoms with Crippen LogP contribution in [0.15, 0.2) is 10.9 Å². The Morgan fingerprint density at radius 2 is 2.36 bits per heavy atom. The molecule has 2 heterocycles. The van der Waals surface area contributed by atoms with Crippen molar-refractivity contribution in [2.45, 2.75) is 6.92 Å². The number of aromatic nitrogens is 3. The number of fused-ring (bicyclic) bond motifs is 1. The van der Waals surface area contributed by atoms with Crippen molar-refractivity contribution in [2.24, 2.45) is 0 Å². The lowest BCUT2D eigenvalue weighted by molar-refractivity contribution is 0.442. The molecule has 6 heteroatoms. The lowest BCUT2D eigenvalue weighted by Crippen LogP contribution is -2.05. The maximum Gasteiger partial charge on any atom is 0.263 e. The van der Waals surface area contributed by atoms with Gasteiger partial charge in [-0.2, -0.15) is 4.98 Å². The van der Waals surface area contributed by atoms with Gasteiger partial charge in [0, 0.05) is 6.54 Å². The molecule has 74 valence electrons. The monoisotopic (exact) mass is 196 g/mol. The summed E-state index contributed by atoms with van der Waals surface area (Å²) in [6.45, 7) is 1.56. The van der Waals surface area contributed by atoms with Gasteiger partial charge in [-0.05, 0) is 6.92 Å². The largest absolute Gasteiger partial charge is 0.367 e.